The van der Waals surface area contributed by atoms with Gasteiger partial charge in [0.05, 0.1) is 18.3 Å². The monoisotopic (exact) mass is 206 g/mol. The summed E-state index contributed by atoms with van der Waals surface area (Å²) >= 11 is 0. The Morgan fingerprint density at radius 2 is 2.27 bits per heavy atom. The lowest BCUT2D eigenvalue weighted by atomic mass is 9.98. The molecule has 1 fully saturated rings. The van der Waals surface area contributed by atoms with E-state index < -0.39 is 0 Å². The van der Waals surface area contributed by atoms with Crippen LogP contribution in [0, 0.1) is 0 Å². The first-order chi connectivity index (χ1) is 7.20. The van der Waals surface area contributed by atoms with E-state index >= 15 is 0 Å². The highest BCUT2D eigenvalue weighted by atomic mass is 16.6. The van der Waals surface area contributed by atoms with E-state index in [1.54, 1.807) is 6.08 Å². The predicted octanol–water partition coefficient (Wildman–Crippen LogP) is 1.76. The Labute approximate surface area is 89.1 Å². The largest absolute Gasteiger partial charge is 0.459 e. The zero-order valence-electron chi connectivity index (χ0n) is 8.73. The summed E-state index contributed by atoms with van der Waals surface area (Å²) in [6.45, 7) is 6.30. The fraction of sp³-hybridized carbons (Fsp3) is 0.417. The Morgan fingerprint density at radius 3 is 2.87 bits per heavy atom. The number of carbonyl (C=O) groups excluding carboxylic acids is 1. The molecule has 3 heteroatoms. The van der Waals surface area contributed by atoms with Crippen LogP contribution in [0.2, 0.25) is 0 Å². The van der Waals surface area contributed by atoms with Crippen LogP contribution in [-0.2, 0) is 14.3 Å². The van der Waals surface area contributed by atoms with E-state index in [1.807, 2.05) is 19.1 Å². The van der Waals surface area contributed by atoms with Crippen LogP contribution < -0.4 is 0 Å². The minimum absolute atomic E-state index is 0.0547. The van der Waals surface area contributed by atoms with E-state index in [9.17, 15) is 4.79 Å². The first kappa shape index (κ1) is 10.2. The second-order valence-corrected chi connectivity index (χ2v) is 3.79. The SMILES string of the molecule is C=CC1=C(/C=C/C2CO2)CC(C)OC1=O. The number of cyclic esters (lactones) is 1. The summed E-state index contributed by atoms with van der Waals surface area (Å²) in [7, 11) is 0. The molecule has 0 aromatic heterocycles. The van der Waals surface area contributed by atoms with Gasteiger partial charge in [0.15, 0.2) is 0 Å². The van der Waals surface area contributed by atoms with Crippen molar-refractivity contribution in [2.45, 2.75) is 25.6 Å². The summed E-state index contributed by atoms with van der Waals surface area (Å²) in [5, 5.41) is 0. The molecule has 0 spiro atoms. The van der Waals surface area contributed by atoms with Crippen LogP contribution in [0.4, 0.5) is 0 Å². The topological polar surface area (TPSA) is 38.8 Å². The molecule has 2 atom stereocenters. The van der Waals surface area contributed by atoms with Crippen LogP contribution in [0.3, 0.4) is 0 Å². The van der Waals surface area contributed by atoms with Gasteiger partial charge < -0.3 is 9.47 Å². The highest BCUT2D eigenvalue weighted by Gasteiger charge is 2.24. The molecular weight excluding hydrogens is 192 g/mol. The number of allylic oxidation sites excluding steroid dienone is 1. The van der Waals surface area contributed by atoms with E-state index in [0.29, 0.717) is 5.57 Å². The van der Waals surface area contributed by atoms with Crippen molar-refractivity contribution >= 4 is 5.97 Å². The maximum absolute atomic E-state index is 11.5. The van der Waals surface area contributed by atoms with E-state index in [-0.39, 0.29) is 18.2 Å². The van der Waals surface area contributed by atoms with Gasteiger partial charge in [-0.15, -0.1) is 0 Å². The fourth-order valence-electron chi connectivity index (χ4n) is 1.60. The van der Waals surface area contributed by atoms with Gasteiger partial charge in [-0.2, -0.15) is 0 Å². The molecule has 0 aromatic rings. The van der Waals surface area contributed by atoms with Gasteiger partial charge in [-0.1, -0.05) is 24.8 Å². The van der Waals surface area contributed by atoms with E-state index in [1.165, 1.54) is 0 Å². The zero-order chi connectivity index (χ0) is 10.8. The summed E-state index contributed by atoms with van der Waals surface area (Å²) in [5.74, 6) is -0.278. The molecule has 0 amide bonds. The summed E-state index contributed by atoms with van der Waals surface area (Å²) in [4.78, 5) is 11.5. The second-order valence-electron chi connectivity index (χ2n) is 3.79. The molecule has 15 heavy (non-hydrogen) atoms. The average molecular weight is 206 g/mol. The van der Waals surface area contributed by atoms with Gasteiger partial charge in [0.1, 0.15) is 6.10 Å². The van der Waals surface area contributed by atoms with Crippen molar-refractivity contribution in [3.8, 4) is 0 Å². The third-order valence-corrected chi connectivity index (χ3v) is 2.46. The Hall–Kier alpha value is -1.35. The molecule has 2 heterocycles. The normalized spacial score (nSPS) is 30.6. The van der Waals surface area contributed by atoms with Gasteiger partial charge in [0.2, 0.25) is 0 Å². The van der Waals surface area contributed by atoms with Crippen LogP contribution in [0.25, 0.3) is 0 Å². The number of esters is 1. The van der Waals surface area contributed by atoms with E-state index in [2.05, 4.69) is 6.58 Å². The van der Waals surface area contributed by atoms with Crippen molar-refractivity contribution in [1.29, 1.82) is 0 Å². The van der Waals surface area contributed by atoms with Crippen LogP contribution in [-0.4, -0.2) is 24.8 Å². The first-order valence-electron chi connectivity index (χ1n) is 5.07. The molecule has 80 valence electrons. The van der Waals surface area contributed by atoms with Crippen LogP contribution in [0.15, 0.2) is 36.0 Å². The number of rotatable bonds is 3. The quantitative estimate of drug-likeness (QED) is 0.521. The third kappa shape index (κ3) is 2.36. The van der Waals surface area contributed by atoms with Crippen molar-refractivity contribution in [1.82, 2.24) is 0 Å². The van der Waals surface area contributed by atoms with Crippen LogP contribution >= 0.6 is 0 Å². The first-order valence-corrected chi connectivity index (χ1v) is 5.07. The molecule has 0 aromatic carbocycles. The summed E-state index contributed by atoms with van der Waals surface area (Å²) in [6.07, 6.45) is 6.41. The van der Waals surface area contributed by atoms with Gasteiger partial charge >= 0.3 is 5.97 Å². The Kier molecular flexibility index (Phi) is 2.73. The predicted molar refractivity (Wildman–Crippen MR) is 56.3 cm³/mol. The van der Waals surface area contributed by atoms with Gasteiger partial charge in [-0.25, -0.2) is 4.79 Å². The Morgan fingerprint density at radius 1 is 1.53 bits per heavy atom. The highest BCUT2D eigenvalue weighted by Crippen LogP contribution is 2.24. The minimum atomic E-state index is -0.278. The number of hydrogen-bond donors (Lipinski definition) is 0. The molecule has 3 nitrogen and oxygen atoms in total. The summed E-state index contributed by atoms with van der Waals surface area (Å²) in [6, 6.07) is 0. The van der Waals surface area contributed by atoms with Gasteiger partial charge in [0.25, 0.3) is 0 Å². The van der Waals surface area contributed by atoms with Gasteiger partial charge in [0, 0.05) is 6.42 Å². The molecule has 2 aliphatic rings. The molecular formula is C12H14O3. The molecule has 2 unspecified atom stereocenters. The minimum Gasteiger partial charge on any atom is -0.459 e. The lowest BCUT2D eigenvalue weighted by molar-refractivity contribution is -0.144. The lowest BCUT2D eigenvalue weighted by Gasteiger charge is -2.21. The second kappa shape index (κ2) is 4.03. The summed E-state index contributed by atoms with van der Waals surface area (Å²) in [5.41, 5.74) is 1.56. The standard InChI is InChI=1S/C12H14O3/c1-3-11-9(4-5-10-7-14-10)6-8(2)15-12(11)13/h3-5,8,10H,1,6-7H2,2H3/b5-4+. The number of hydrogen-bond acceptors (Lipinski definition) is 3. The number of ether oxygens (including phenoxy) is 2. The Bertz CT molecular complexity index is 348. The fourth-order valence-corrected chi connectivity index (χ4v) is 1.60. The Balaban J connectivity index is 2.21. The molecule has 0 aliphatic carbocycles. The van der Waals surface area contributed by atoms with Crippen molar-refractivity contribution in [3.05, 3.63) is 36.0 Å². The molecule has 2 aliphatic heterocycles. The third-order valence-electron chi connectivity index (χ3n) is 2.46. The highest BCUT2D eigenvalue weighted by molar-refractivity contribution is 5.93. The smallest absolute Gasteiger partial charge is 0.338 e. The zero-order valence-corrected chi connectivity index (χ0v) is 8.73. The van der Waals surface area contributed by atoms with Crippen LogP contribution in [0.5, 0.6) is 0 Å². The molecule has 0 bridgehead atoms. The van der Waals surface area contributed by atoms with E-state index in [4.69, 9.17) is 9.47 Å². The number of carbonyl (C=O) groups is 1. The average Bonchev–Trinajstić information content (AvgIpc) is 2.97. The van der Waals surface area contributed by atoms with Gasteiger partial charge in [-0.05, 0) is 12.5 Å². The maximum atomic E-state index is 11.5. The molecule has 0 radical (unpaired) electrons. The van der Waals surface area contributed by atoms with Crippen LogP contribution in [0.1, 0.15) is 13.3 Å². The molecule has 1 saturated heterocycles. The van der Waals surface area contributed by atoms with Crippen molar-refractivity contribution < 1.29 is 14.3 Å². The molecule has 0 N–H and O–H groups in total. The van der Waals surface area contributed by atoms with E-state index in [0.717, 1.165) is 18.6 Å². The lowest BCUT2D eigenvalue weighted by Crippen LogP contribution is -2.23. The summed E-state index contributed by atoms with van der Waals surface area (Å²) < 4.78 is 10.2. The molecule has 2 rings (SSSR count). The van der Waals surface area contributed by atoms with Crippen molar-refractivity contribution in [3.63, 3.8) is 0 Å². The van der Waals surface area contributed by atoms with Crippen molar-refractivity contribution in [2.75, 3.05) is 6.61 Å². The van der Waals surface area contributed by atoms with Crippen molar-refractivity contribution in [2.24, 2.45) is 0 Å². The van der Waals surface area contributed by atoms with Gasteiger partial charge in [-0.3, -0.25) is 0 Å². The maximum Gasteiger partial charge on any atom is 0.338 e. The number of epoxide rings is 1. The molecule has 0 saturated carbocycles.